The van der Waals surface area contributed by atoms with Gasteiger partial charge in [-0.2, -0.15) is 0 Å². The highest BCUT2D eigenvalue weighted by molar-refractivity contribution is 8.00. The largest absolute Gasteiger partial charge is 0.300 e. The third-order valence-corrected chi connectivity index (χ3v) is 14.8. The summed E-state index contributed by atoms with van der Waals surface area (Å²) >= 11 is 1.97. The van der Waals surface area contributed by atoms with E-state index in [1.54, 1.807) is 0 Å². The van der Waals surface area contributed by atoms with Crippen LogP contribution >= 0.6 is 11.8 Å². The zero-order valence-electron chi connectivity index (χ0n) is 16.3. The molecule has 0 aromatic heterocycles. The van der Waals surface area contributed by atoms with E-state index in [0.717, 1.165) is 11.3 Å². The maximum atomic E-state index is 13.0. The number of thioether (sulfide) groups is 1. The van der Waals surface area contributed by atoms with Crippen molar-refractivity contribution >= 4 is 25.6 Å². The first kappa shape index (κ1) is 19.8. The number of Topliss-reactive ketones (excluding diaryl/α,β-unsaturated/α-hetero) is 1. The molecular formula is C21H34OSSi. The maximum Gasteiger partial charge on any atom is 0.134 e. The fourth-order valence-electron chi connectivity index (χ4n) is 4.36. The van der Waals surface area contributed by atoms with Crippen LogP contribution in [0.1, 0.15) is 59.9 Å². The van der Waals surface area contributed by atoms with Gasteiger partial charge in [-0.15, -0.1) is 11.8 Å². The molecular weight excluding hydrogens is 328 g/mol. The summed E-state index contributed by atoms with van der Waals surface area (Å²) in [6.45, 7) is 14.1. The zero-order valence-corrected chi connectivity index (χ0v) is 18.1. The SMILES string of the molecule is CC(C)[Si](CC(=O)Cc1ccccc1SC1CC1)(C(C)C)C(C)C. The fourth-order valence-corrected chi connectivity index (χ4v) is 11.6. The first-order valence-electron chi connectivity index (χ1n) is 9.53. The molecule has 0 bridgehead atoms. The number of benzene rings is 1. The van der Waals surface area contributed by atoms with Crippen LogP contribution in [0.15, 0.2) is 29.2 Å². The van der Waals surface area contributed by atoms with Crippen LogP contribution in [0.4, 0.5) is 0 Å². The first-order chi connectivity index (χ1) is 11.3. The molecule has 0 aliphatic heterocycles. The molecule has 1 aliphatic rings. The zero-order chi connectivity index (χ0) is 17.9. The van der Waals surface area contributed by atoms with Gasteiger partial charge in [-0.05, 0) is 24.5 Å². The molecule has 1 nitrogen and oxygen atoms in total. The topological polar surface area (TPSA) is 17.1 Å². The van der Waals surface area contributed by atoms with Crippen molar-refractivity contribution in [3.05, 3.63) is 29.8 Å². The summed E-state index contributed by atoms with van der Waals surface area (Å²) in [5.41, 5.74) is 3.20. The van der Waals surface area contributed by atoms with Gasteiger partial charge in [0.2, 0.25) is 0 Å². The highest BCUT2D eigenvalue weighted by Gasteiger charge is 2.43. The highest BCUT2D eigenvalue weighted by Crippen LogP contribution is 2.45. The van der Waals surface area contributed by atoms with Crippen LogP contribution in [-0.2, 0) is 11.2 Å². The van der Waals surface area contributed by atoms with Gasteiger partial charge in [0.25, 0.3) is 0 Å². The Morgan fingerprint density at radius 2 is 1.58 bits per heavy atom. The Balaban J connectivity index is 2.14. The molecule has 0 atom stereocenters. The lowest BCUT2D eigenvalue weighted by Gasteiger charge is -2.43. The molecule has 0 N–H and O–H groups in total. The van der Waals surface area contributed by atoms with Crippen LogP contribution in [0.5, 0.6) is 0 Å². The summed E-state index contributed by atoms with van der Waals surface area (Å²) in [7, 11) is -1.64. The fraction of sp³-hybridized carbons (Fsp3) is 0.667. The summed E-state index contributed by atoms with van der Waals surface area (Å²) in [5.74, 6) is 0.460. The smallest absolute Gasteiger partial charge is 0.134 e. The van der Waals surface area contributed by atoms with Crippen LogP contribution in [0, 0.1) is 0 Å². The summed E-state index contributed by atoms with van der Waals surface area (Å²) in [5, 5.41) is 0.789. The second kappa shape index (κ2) is 8.22. The Bertz CT molecular complexity index is 539. The van der Waals surface area contributed by atoms with E-state index in [1.165, 1.54) is 23.3 Å². The van der Waals surface area contributed by atoms with Crippen molar-refractivity contribution in [1.82, 2.24) is 0 Å². The van der Waals surface area contributed by atoms with Crippen molar-refractivity contribution in [2.45, 2.75) is 93.6 Å². The maximum absolute atomic E-state index is 13.0. The summed E-state index contributed by atoms with van der Waals surface area (Å²) in [6, 6.07) is 9.38. The van der Waals surface area contributed by atoms with Gasteiger partial charge >= 0.3 is 0 Å². The minimum absolute atomic E-state index is 0.460. The normalized spacial score (nSPS) is 15.5. The van der Waals surface area contributed by atoms with Crippen molar-refractivity contribution in [3.63, 3.8) is 0 Å². The van der Waals surface area contributed by atoms with E-state index in [2.05, 4.69) is 65.8 Å². The predicted molar refractivity (Wildman–Crippen MR) is 110 cm³/mol. The van der Waals surface area contributed by atoms with Gasteiger partial charge in [-0.25, -0.2) is 0 Å². The molecule has 1 aliphatic carbocycles. The quantitative estimate of drug-likeness (QED) is 0.453. The molecule has 0 saturated heterocycles. The van der Waals surface area contributed by atoms with Crippen molar-refractivity contribution in [1.29, 1.82) is 0 Å². The van der Waals surface area contributed by atoms with E-state index >= 15 is 0 Å². The average Bonchev–Trinajstić information content (AvgIpc) is 3.29. The molecule has 134 valence electrons. The first-order valence-corrected chi connectivity index (χ1v) is 12.9. The Hall–Kier alpha value is -0.543. The average molecular weight is 363 g/mol. The Labute approximate surface area is 154 Å². The Morgan fingerprint density at radius 1 is 1.04 bits per heavy atom. The lowest BCUT2D eigenvalue weighted by Crippen LogP contribution is -2.46. The van der Waals surface area contributed by atoms with Crippen LogP contribution in [0.3, 0.4) is 0 Å². The molecule has 24 heavy (non-hydrogen) atoms. The van der Waals surface area contributed by atoms with Crippen LogP contribution < -0.4 is 0 Å². The van der Waals surface area contributed by atoms with E-state index < -0.39 is 8.07 Å². The predicted octanol–water partition coefficient (Wildman–Crippen LogP) is 6.73. The van der Waals surface area contributed by atoms with Gasteiger partial charge < -0.3 is 0 Å². The van der Waals surface area contributed by atoms with Gasteiger partial charge in [0.15, 0.2) is 0 Å². The van der Waals surface area contributed by atoms with E-state index in [1.807, 2.05) is 11.8 Å². The monoisotopic (exact) mass is 362 g/mol. The van der Waals surface area contributed by atoms with Crippen LogP contribution in [0.2, 0.25) is 22.7 Å². The number of hydrogen-bond donors (Lipinski definition) is 0. The standard InChI is InChI=1S/C21H34OSSi/c1-15(2)24(16(3)4,17(5)6)14-19(22)13-18-9-7-8-10-21(18)23-20-11-12-20/h7-10,15-17,20H,11-14H2,1-6H3. The second-order valence-electron chi connectivity index (χ2n) is 8.39. The van der Waals surface area contributed by atoms with E-state index in [9.17, 15) is 4.79 Å². The summed E-state index contributed by atoms with van der Waals surface area (Å²) in [4.78, 5) is 14.4. The van der Waals surface area contributed by atoms with Gasteiger partial charge in [0.05, 0.1) is 8.07 Å². The van der Waals surface area contributed by atoms with Crippen molar-refractivity contribution < 1.29 is 4.79 Å². The van der Waals surface area contributed by atoms with Gasteiger partial charge in [-0.3, -0.25) is 4.79 Å². The number of rotatable bonds is 9. The molecule has 0 radical (unpaired) electrons. The molecule has 3 heteroatoms. The summed E-state index contributed by atoms with van der Waals surface area (Å²) in [6.07, 6.45) is 3.28. The molecule has 1 aromatic carbocycles. The minimum atomic E-state index is -1.64. The number of carbonyl (C=O) groups is 1. The Kier molecular flexibility index (Phi) is 6.78. The minimum Gasteiger partial charge on any atom is -0.300 e. The lowest BCUT2D eigenvalue weighted by molar-refractivity contribution is -0.116. The highest BCUT2D eigenvalue weighted by atomic mass is 32.2. The third-order valence-electron chi connectivity index (χ3n) is 5.91. The van der Waals surface area contributed by atoms with Crippen LogP contribution in [-0.4, -0.2) is 19.1 Å². The lowest BCUT2D eigenvalue weighted by atomic mass is 10.1. The molecule has 0 heterocycles. The van der Waals surface area contributed by atoms with Gasteiger partial charge in [-0.1, -0.05) is 76.4 Å². The van der Waals surface area contributed by atoms with E-state index in [0.29, 0.717) is 28.8 Å². The van der Waals surface area contributed by atoms with Crippen LogP contribution in [0.25, 0.3) is 0 Å². The second-order valence-corrected chi connectivity index (χ2v) is 15.8. The number of hydrogen-bond acceptors (Lipinski definition) is 2. The summed E-state index contributed by atoms with van der Waals surface area (Å²) < 4.78 is 0. The van der Waals surface area contributed by atoms with Crippen molar-refractivity contribution in [3.8, 4) is 0 Å². The Morgan fingerprint density at radius 3 is 2.08 bits per heavy atom. The molecule has 2 rings (SSSR count). The molecule has 0 spiro atoms. The molecule has 0 amide bonds. The van der Waals surface area contributed by atoms with Gasteiger partial charge in [0, 0.05) is 22.6 Å². The third kappa shape index (κ3) is 4.54. The molecule has 1 saturated carbocycles. The molecule has 1 aromatic rings. The molecule has 1 fully saturated rings. The molecule has 0 unspecified atom stereocenters. The van der Waals surface area contributed by atoms with E-state index in [-0.39, 0.29) is 0 Å². The van der Waals surface area contributed by atoms with E-state index in [4.69, 9.17) is 0 Å². The van der Waals surface area contributed by atoms with Crippen molar-refractivity contribution in [2.24, 2.45) is 0 Å². The number of carbonyl (C=O) groups excluding carboxylic acids is 1. The van der Waals surface area contributed by atoms with Crippen molar-refractivity contribution in [2.75, 3.05) is 0 Å². The van der Waals surface area contributed by atoms with Gasteiger partial charge in [0.1, 0.15) is 5.78 Å². The number of ketones is 1.